The molecule has 0 amide bonds. The second-order valence-corrected chi connectivity index (χ2v) is 5.62. The van der Waals surface area contributed by atoms with E-state index in [-0.39, 0.29) is 0 Å². The SMILES string of the molecule is O=C(O)C1(c2c(Cl)cccc2N2CCCC2)CC1. The Labute approximate surface area is 111 Å². The average Bonchev–Trinajstić information content (AvgIpc) is 2.97. The zero-order chi connectivity index (χ0) is 12.8. The van der Waals surface area contributed by atoms with Crippen LogP contribution >= 0.6 is 11.6 Å². The molecule has 1 aromatic carbocycles. The molecule has 18 heavy (non-hydrogen) atoms. The van der Waals surface area contributed by atoms with Crippen molar-refractivity contribution in [1.29, 1.82) is 0 Å². The molecule has 0 bridgehead atoms. The van der Waals surface area contributed by atoms with Crippen molar-refractivity contribution in [2.24, 2.45) is 0 Å². The van der Waals surface area contributed by atoms with Gasteiger partial charge in [0.2, 0.25) is 0 Å². The summed E-state index contributed by atoms with van der Waals surface area (Å²) >= 11 is 6.29. The molecular weight excluding hydrogens is 250 g/mol. The van der Waals surface area contributed by atoms with Crippen molar-refractivity contribution in [3.63, 3.8) is 0 Å². The summed E-state index contributed by atoms with van der Waals surface area (Å²) in [6.07, 6.45) is 3.75. The van der Waals surface area contributed by atoms with Gasteiger partial charge in [-0.05, 0) is 37.8 Å². The molecule has 3 nitrogen and oxygen atoms in total. The van der Waals surface area contributed by atoms with Gasteiger partial charge in [-0.1, -0.05) is 17.7 Å². The molecule has 2 aliphatic rings. The first-order chi connectivity index (χ1) is 8.65. The molecule has 1 aliphatic carbocycles. The molecule has 2 fully saturated rings. The summed E-state index contributed by atoms with van der Waals surface area (Å²) in [5.74, 6) is -0.740. The molecule has 0 spiro atoms. The van der Waals surface area contributed by atoms with Gasteiger partial charge in [0.05, 0.1) is 5.41 Å². The van der Waals surface area contributed by atoms with E-state index in [2.05, 4.69) is 4.90 Å². The number of hydrogen-bond acceptors (Lipinski definition) is 2. The van der Waals surface area contributed by atoms with Crippen LogP contribution in [0.1, 0.15) is 31.2 Å². The Bertz CT molecular complexity index is 491. The lowest BCUT2D eigenvalue weighted by atomic mass is 9.93. The summed E-state index contributed by atoms with van der Waals surface area (Å²) < 4.78 is 0. The summed E-state index contributed by atoms with van der Waals surface area (Å²) in [4.78, 5) is 13.8. The largest absolute Gasteiger partial charge is 0.481 e. The predicted molar refractivity (Wildman–Crippen MR) is 71.4 cm³/mol. The van der Waals surface area contributed by atoms with Gasteiger partial charge >= 0.3 is 5.97 Å². The second-order valence-electron chi connectivity index (χ2n) is 5.22. The highest BCUT2D eigenvalue weighted by Crippen LogP contribution is 2.54. The fourth-order valence-electron chi connectivity index (χ4n) is 2.90. The molecular formula is C14H16ClNO2. The molecule has 1 N–H and O–H groups in total. The normalized spacial score (nSPS) is 21.1. The van der Waals surface area contributed by atoms with Crippen molar-refractivity contribution in [2.45, 2.75) is 31.1 Å². The van der Waals surface area contributed by atoms with Gasteiger partial charge in [0.25, 0.3) is 0 Å². The predicted octanol–water partition coefficient (Wildman–Crippen LogP) is 3.06. The van der Waals surface area contributed by atoms with Crippen molar-refractivity contribution in [2.75, 3.05) is 18.0 Å². The first kappa shape index (κ1) is 11.8. The minimum absolute atomic E-state index is 0.597. The fraction of sp³-hybridized carbons (Fsp3) is 0.500. The first-order valence-electron chi connectivity index (χ1n) is 6.42. The smallest absolute Gasteiger partial charge is 0.314 e. The van der Waals surface area contributed by atoms with Gasteiger partial charge in [-0.2, -0.15) is 0 Å². The Morgan fingerprint density at radius 3 is 2.50 bits per heavy atom. The van der Waals surface area contributed by atoms with Gasteiger partial charge in [-0.3, -0.25) is 4.79 Å². The van der Waals surface area contributed by atoms with E-state index >= 15 is 0 Å². The van der Waals surface area contributed by atoms with E-state index in [4.69, 9.17) is 11.6 Å². The highest BCUT2D eigenvalue weighted by atomic mass is 35.5. The van der Waals surface area contributed by atoms with Gasteiger partial charge in [0.1, 0.15) is 0 Å². The lowest BCUT2D eigenvalue weighted by molar-refractivity contribution is -0.140. The van der Waals surface area contributed by atoms with Crippen LogP contribution in [-0.4, -0.2) is 24.2 Å². The number of carboxylic acid groups (broad SMARTS) is 1. The molecule has 3 rings (SSSR count). The molecule has 1 aromatic rings. The molecule has 0 atom stereocenters. The van der Waals surface area contributed by atoms with Crippen LogP contribution in [0.4, 0.5) is 5.69 Å². The summed E-state index contributed by atoms with van der Waals surface area (Å²) in [6, 6.07) is 5.73. The minimum atomic E-state index is -0.740. The van der Waals surface area contributed by atoms with E-state index in [1.807, 2.05) is 12.1 Å². The van der Waals surface area contributed by atoms with Crippen LogP contribution in [0.25, 0.3) is 0 Å². The highest BCUT2D eigenvalue weighted by molar-refractivity contribution is 6.32. The quantitative estimate of drug-likeness (QED) is 0.913. The average molecular weight is 266 g/mol. The monoisotopic (exact) mass is 265 g/mol. The van der Waals surface area contributed by atoms with Crippen LogP contribution in [0, 0.1) is 0 Å². The summed E-state index contributed by atoms with van der Waals surface area (Å²) in [7, 11) is 0. The van der Waals surface area contributed by atoms with Crippen molar-refractivity contribution in [1.82, 2.24) is 0 Å². The number of carboxylic acids is 1. The maximum atomic E-state index is 11.5. The molecule has 0 radical (unpaired) electrons. The zero-order valence-electron chi connectivity index (χ0n) is 10.2. The van der Waals surface area contributed by atoms with Crippen LogP contribution in [0.2, 0.25) is 5.02 Å². The number of anilines is 1. The van der Waals surface area contributed by atoms with Crippen LogP contribution < -0.4 is 4.90 Å². The van der Waals surface area contributed by atoms with Crippen LogP contribution in [-0.2, 0) is 10.2 Å². The maximum Gasteiger partial charge on any atom is 0.314 e. The third kappa shape index (κ3) is 1.69. The third-order valence-corrected chi connectivity index (χ3v) is 4.39. The molecule has 1 saturated carbocycles. The molecule has 0 unspecified atom stereocenters. The van der Waals surface area contributed by atoms with E-state index in [0.29, 0.717) is 17.9 Å². The number of carbonyl (C=O) groups is 1. The van der Waals surface area contributed by atoms with Crippen molar-refractivity contribution in [3.8, 4) is 0 Å². The lowest BCUT2D eigenvalue weighted by Gasteiger charge is -2.25. The third-order valence-electron chi connectivity index (χ3n) is 4.08. The van der Waals surface area contributed by atoms with Gasteiger partial charge in [-0.25, -0.2) is 0 Å². The van der Waals surface area contributed by atoms with E-state index in [0.717, 1.165) is 24.3 Å². The van der Waals surface area contributed by atoms with Crippen LogP contribution in [0.3, 0.4) is 0 Å². The Morgan fingerprint density at radius 2 is 1.94 bits per heavy atom. The topological polar surface area (TPSA) is 40.5 Å². The molecule has 1 aliphatic heterocycles. The number of halogens is 1. The van der Waals surface area contributed by atoms with Crippen LogP contribution in [0.15, 0.2) is 18.2 Å². The molecule has 1 heterocycles. The maximum absolute atomic E-state index is 11.5. The summed E-state index contributed by atoms with van der Waals surface area (Å²) in [6.45, 7) is 2.01. The Kier molecular flexibility index (Phi) is 2.74. The molecule has 4 heteroatoms. The van der Waals surface area contributed by atoms with Gasteiger partial charge in [-0.15, -0.1) is 0 Å². The fourth-order valence-corrected chi connectivity index (χ4v) is 3.25. The van der Waals surface area contributed by atoms with Crippen molar-refractivity contribution >= 4 is 23.3 Å². The Balaban J connectivity index is 2.09. The minimum Gasteiger partial charge on any atom is -0.481 e. The number of benzene rings is 1. The van der Waals surface area contributed by atoms with E-state index in [1.54, 1.807) is 6.07 Å². The van der Waals surface area contributed by atoms with Gasteiger partial charge in [0, 0.05) is 29.4 Å². The van der Waals surface area contributed by atoms with E-state index in [9.17, 15) is 9.90 Å². The van der Waals surface area contributed by atoms with Crippen molar-refractivity contribution in [3.05, 3.63) is 28.8 Å². The second kappa shape index (κ2) is 4.16. The van der Waals surface area contributed by atoms with Gasteiger partial charge < -0.3 is 10.0 Å². The lowest BCUT2D eigenvalue weighted by Crippen LogP contribution is -2.26. The molecule has 1 saturated heterocycles. The van der Waals surface area contributed by atoms with E-state index < -0.39 is 11.4 Å². The first-order valence-corrected chi connectivity index (χ1v) is 6.80. The standard InChI is InChI=1S/C14H16ClNO2/c15-10-4-3-5-11(16-8-1-2-9-16)12(10)14(6-7-14)13(17)18/h3-5H,1-2,6-9H2,(H,17,18). The Morgan fingerprint density at radius 1 is 1.28 bits per heavy atom. The van der Waals surface area contributed by atoms with Gasteiger partial charge in [0.15, 0.2) is 0 Å². The highest BCUT2D eigenvalue weighted by Gasteiger charge is 2.54. The number of aliphatic carboxylic acids is 1. The summed E-state index contributed by atoms with van der Waals surface area (Å²) in [5, 5.41) is 10.1. The zero-order valence-corrected chi connectivity index (χ0v) is 10.9. The molecule has 96 valence electrons. The van der Waals surface area contributed by atoms with Crippen molar-refractivity contribution < 1.29 is 9.90 Å². The van der Waals surface area contributed by atoms with E-state index in [1.165, 1.54) is 12.8 Å². The number of rotatable bonds is 3. The number of nitrogens with zero attached hydrogens (tertiary/aromatic N) is 1. The summed E-state index contributed by atoms with van der Waals surface area (Å²) in [5.41, 5.74) is 1.14. The Hall–Kier alpha value is -1.22. The number of hydrogen-bond donors (Lipinski definition) is 1. The molecule has 0 aromatic heterocycles. The van der Waals surface area contributed by atoms with Crippen LogP contribution in [0.5, 0.6) is 0 Å².